The van der Waals surface area contributed by atoms with E-state index in [-0.39, 0.29) is 29.3 Å². The Morgan fingerprint density at radius 2 is 1.88 bits per heavy atom. The third-order valence-electron chi connectivity index (χ3n) is 7.43. The molecule has 4 aromatic rings. The van der Waals surface area contributed by atoms with Crippen LogP contribution in [0.15, 0.2) is 45.7 Å². The number of halogens is 1. The van der Waals surface area contributed by atoms with Gasteiger partial charge in [0.2, 0.25) is 0 Å². The summed E-state index contributed by atoms with van der Waals surface area (Å²) >= 11 is 0. The van der Waals surface area contributed by atoms with E-state index in [9.17, 15) is 14.3 Å². The highest BCUT2D eigenvalue weighted by Gasteiger charge is 2.39. The molecular formula is C26H26FN3O4. The fourth-order valence-corrected chi connectivity index (χ4v) is 5.67. The summed E-state index contributed by atoms with van der Waals surface area (Å²) < 4.78 is 26.8. The molecule has 34 heavy (non-hydrogen) atoms. The van der Waals surface area contributed by atoms with Crippen molar-refractivity contribution < 1.29 is 18.8 Å². The summed E-state index contributed by atoms with van der Waals surface area (Å²) in [5.41, 5.74) is 4.95. The fraction of sp³-hybridized carbons (Fsp3) is 0.385. The molecule has 1 aliphatic carbocycles. The maximum atomic E-state index is 14.1. The van der Waals surface area contributed by atoms with Crippen LogP contribution < -0.4 is 5.76 Å². The second-order valence-electron chi connectivity index (χ2n) is 9.50. The van der Waals surface area contributed by atoms with Crippen molar-refractivity contribution in [1.29, 1.82) is 0 Å². The molecule has 0 spiro atoms. The van der Waals surface area contributed by atoms with E-state index in [1.165, 1.54) is 17.3 Å². The average Bonchev–Trinajstić information content (AvgIpc) is 3.37. The van der Waals surface area contributed by atoms with Gasteiger partial charge in [-0.1, -0.05) is 5.16 Å². The standard InChI is InChI=1S/C26H26FN3O4/c1-14-10-18(2-4-21(14)27)30-22-5-3-19(31)13-20(22)23(24(30)15-6-8-33-9-7-15)16-11-17(12-16)25-28-26(32)34-29-25/h2-5,10,13,15-17,31H,6-9,11-12H2,1H3,(H,28,29,32)/t16-,17-. The summed E-state index contributed by atoms with van der Waals surface area (Å²) in [6.45, 7) is 3.18. The molecule has 0 atom stereocenters. The van der Waals surface area contributed by atoms with Crippen molar-refractivity contribution in [2.75, 3.05) is 13.2 Å². The van der Waals surface area contributed by atoms with Gasteiger partial charge in [-0.3, -0.25) is 9.51 Å². The number of H-pyrrole nitrogens is 1. The van der Waals surface area contributed by atoms with Gasteiger partial charge in [-0.15, -0.1) is 0 Å². The van der Waals surface area contributed by atoms with E-state index < -0.39 is 5.76 Å². The van der Waals surface area contributed by atoms with Crippen molar-refractivity contribution in [3.63, 3.8) is 0 Å². The van der Waals surface area contributed by atoms with Crippen molar-refractivity contribution >= 4 is 10.9 Å². The number of phenols is 1. The zero-order chi connectivity index (χ0) is 23.4. The predicted octanol–water partition coefficient (Wildman–Crippen LogP) is 5.02. The summed E-state index contributed by atoms with van der Waals surface area (Å²) in [4.78, 5) is 14.1. The number of fused-ring (bicyclic) bond motifs is 1. The number of aromatic amines is 1. The van der Waals surface area contributed by atoms with Crippen LogP contribution in [0.3, 0.4) is 0 Å². The Morgan fingerprint density at radius 3 is 2.59 bits per heavy atom. The van der Waals surface area contributed by atoms with Gasteiger partial charge in [0.15, 0.2) is 5.82 Å². The Hall–Kier alpha value is -3.39. The highest BCUT2D eigenvalue weighted by Crippen LogP contribution is 2.52. The number of phenolic OH excluding ortho intramolecular Hbond substituents is 1. The van der Waals surface area contributed by atoms with E-state index in [1.807, 2.05) is 24.3 Å². The lowest BCUT2D eigenvalue weighted by Crippen LogP contribution is -2.25. The molecule has 0 radical (unpaired) electrons. The second kappa shape index (κ2) is 8.13. The quantitative estimate of drug-likeness (QED) is 0.444. The fourth-order valence-electron chi connectivity index (χ4n) is 5.67. The number of nitrogens with zero attached hydrogens (tertiary/aromatic N) is 2. The number of aromatic nitrogens is 3. The number of hydrogen-bond donors (Lipinski definition) is 2. The third kappa shape index (κ3) is 3.44. The largest absolute Gasteiger partial charge is 0.508 e. The molecule has 2 aromatic heterocycles. The summed E-state index contributed by atoms with van der Waals surface area (Å²) in [6.07, 6.45) is 3.47. The van der Waals surface area contributed by atoms with Gasteiger partial charge in [0.25, 0.3) is 0 Å². The van der Waals surface area contributed by atoms with E-state index in [0.717, 1.165) is 42.3 Å². The molecule has 2 fully saturated rings. The summed E-state index contributed by atoms with van der Waals surface area (Å²) in [5.74, 6) is 0.710. The molecule has 1 saturated carbocycles. The molecule has 3 heterocycles. The summed E-state index contributed by atoms with van der Waals surface area (Å²) in [5, 5.41) is 15.3. The van der Waals surface area contributed by atoms with Crippen LogP contribution in [0.4, 0.5) is 4.39 Å². The lowest BCUT2D eigenvalue weighted by Gasteiger charge is -2.36. The first-order valence-corrected chi connectivity index (χ1v) is 11.8. The molecule has 6 rings (SSSR count). The molecule has 176 valence electrons. The highest BCUT2D eigenvalue weighted by molar-refractivity contribution is 5.89. The summed E-state index contributed by atoms with van der Waals surface area (Å²) in [6, 6.07) is 10.7. The molecule has 1 aliphatic heterocycles. The van der Waals surface area contributed by atoms with E-state index >= 15 is 0 Å². The van der Waals surface area contributed by atoms with Crippen molar-refractivity contribution in [2.45, 2.75) is 50.4 Å². The second-order valence-corrected chi connectivity index (χ2v) is 9.50. The van der Waals surface area contributed by atoms with E-state index in [2.05, 4.69) is 14.7 Å². The Morgan fingerprint density at radius 1 is 1.09 bits per heavy atom. The van der Waals surface area contributed by atoms with Gasteiger partial charge in [0, 0.05) is 41.8 Å². The maximum absolute atomic E-state index is 14.1. The van der Waals surface area contributed by atoms with E-state index in [4.69, 9.17) is 9.26 Å². The summed E-state index contributed by atoms with van der Waals surface area (Å²) in [7, 11) is 0. The number of aromatic hydroxyl groups is 1. The Labute approximate surface area is 195 Å². The Bertz CT molecular complexity index is 1420. The number of aryl methyl sites for hydroxylation is 1. The van der Waals surface area contributed by atoms with Gasteiger partial charge in [-0.25, -0.2) is 9.18 Å². The monoisotopic (exact) mass is 463 g/mol. The molecule has 0 unspecified atom stereocenters. The molecule has 1 saturated heterocycles. The SMILES string of the molecule is Cc1cc(-n2c(C3CCOCC3)c([C@H]3C[C@H](c4noc(=O)[nH]4)C3)c3cc(O)ccc32)ccc1F. The normalized spacial score (nSPS) is 21.1. The van der Waals surface area contributed by atoms with Gasteiger partial charge in [-0.2, -0.15) is 0 Å². The maximum Gasteiger partial charge on any atom is 0.438 e. The zero-order valence-electron chi connectivity index (χ0n) is 18.9. The minimum atomic E-state index is -0.533. The first-order valence-electron chi connectivity index (χ1n) is 11.8. The topological polar surface area (TPSA) is 93.3 Å². The van der Waals surface area contributed by atoms with Gasteiger partial charge in [0.1, 0.15) is 11.6 Å². The van der Waals surface area contributed by atoms with Crippen LogP contribution in [0.2, 0.25) is 0 Å². The van der Waals surface area contributed by atoms with Gasteiger partial charge >= 0.3 is 5.76 Å². The van der Waals surface area contributed by atoms with Crippen molar-refractivity contribution in [1.82, 2.24) is 14.7 Å². The number of hydrogen-bond acceptors (Lipinski definition) is 5. The molecule has 0 amide bonds. The number of nitrogens with one attached hydrogen (secondary N) is 1. The van der Waals surface area contributed by atoms with Crippen molar-refractivity contribution in [2.24, 2.45) is 0 Å². The smallest absolute Gasteiger partial charge is 0.438 e. The number of benzene rings is 2. The van der Waals surface area contributed by atoms with Crippen LogP contribution in [-0.2, 0) is 4.74 Å². The predicted molar refractivity (Wildman–Crippen MR) is 124 cm³/mol. The van der Waals surface area contributed by atoms with Crippen LogP contribution in [0.5, 0.6) is 5.75 Å². The van der Waals surface area contributed by atoms with Crippen molar-refractivity contribution in [3.8, 4) is 11.4 Å². The van der Waals surface area contributed by atoms with E-state index in [1.54, 1.807) is 13.0 Å². The molecule has 2 aromatic carbocycles. The Balaban J connectivity index is 1.53. The number of ether oxygens (including phenoxy) is 1. The van der Waals surface area contributed by atoms with Crippen molar-refractivity contribution in [3.05, 3.63) is 75.4 Å². The minimum Gasteiger partial charge on any atom is -0.508 e. The molecular weight excluding hydrogens is 437 g/mol. The van der Waals surface area contributed by atoms with Crippen LogP contribution in [-0.4, -0.2) is 33.0 Å². The zero-order valence-corrected chi connectivity index (χ0v) is 18.9. The first kappa shape index (κ1) is 21.2. The molecule has 7 nitrogen and oxygen atoms in total. The lowest BCUT2D eigenvalue weighted by atomic mass is 9.69. The van der Waals surface area contributed by atoms with Gasteiger partial charge in [0.05, 0.1) is 5.52 Å². The molecule has 8 heteroatoms. The van der Waals surface area contributed by atoms with Gasteiger partial charge < -0.3 is 14.4 Å². The molecule has 2 N–H and O–H groups in total. The van der Waals surface area contributed by atoms with E-state index in [0.29, 0.717) is 24.6 Å². The lowest BCUT2D eigenvalue weighted by molar-refractivity contribution is 0.0838. The molecule has 0 bridgehead atoms. The third-order valence-corrected chi connectivity index (χ3v) is 7.43. The molecule has 2 aliphatic rings. The average molecular weight is 464 g/mol. The highest BCUT2D eigenvalue weighted by atomic mass is 19.1. The van der Waals surface area contributed by atoms with Crippen LogP contribution in [0, 0.1) is 12.7 Å². The van der Waals surface area contributed by atoms with Crippen LogP contribution >= 0.6 is 0 Å². The van der Waals surface area contributed by atoms with Gasteiger partial charge in [-0.05, 0) is 86.1 Å². The first-order chi connectivity index (χ1) is 16.5. The minimum absolute atomic E-state index is 0.128. The number of rotatable bonds is 4. The Kier molecular flexibility index (Phi) is 5.06. The van der Waals surface area contributed by atoms with Crippen LogP contribution in [0.1, 0.15) is 66.1 Å². The van der Waals surface area contributed by atoms with Crippen LogP contribution in [0.25, 0.3) is 16.6 Å².